The maximum absolute atomic E-state index is 5.05. The summed E-state index contributed by atoms with van der Waals surface area (Å²) in [6, 6.07) is 0. The van der Waals surface area contributed by atoms with Gasteiger partial charge in [0.25, 0.3) is 0 Å². The third-order valence-corrected chi connectivity index (χ3v) is 1.15. The van der Waals surface area contributed by atoms with E-state index in [2.05, 4.69) is 11.3 Å². The molecular formula is C5H6ClS. The van der Waals surface area contributed by atoms with Crippen molar-refractivity contribution in [3.8, 4) is 11.3 Å². The van der Waals surface area contributed by atoms with Crippen LogP contribution >= 0.6 is 24.2 Å². The fourth-order valence-electron chi connectivity index (χ4n) is 0.163. The Hall–Kier alpha value is 0.200. The van der Waals surface area contributed by atoms with E-state index >= 15 is 0 Å². The SMILES string of the molecule is CCC([S])C#CCl. The van der Waals surface area contributed by atoms with Crippen molar-refractivity contribution in [3.63, 3.8) is 0 Å². The van der Waals surface area contributed by atoms with Gasteiger partial charge in [-0.3, -0.25) is 0 Å². The highest BCUT2D eigenvalue weighted by Gasteiger charge is 1.89. The third-order valence-electron chi connectivity index (χ3n) is 0.586. The predicted molar refractivity (Wildman–Crippen MR) is 35.3 cm³/mol. The first-order valence-electron chi connectivity index (χ1n) is 2.08. The monoisotopic (exact) mass is 133 g/mol. The Balaban J connectivity index is 3.29. The second-order valence-corrected chi connectivity index (χ2v) is 1.89. The first-order valence-corrected chi connectivity index (χ1v) is 2.93. The molecule has 1 radical (unpaired) electrons. The van der Waals surface area contributed by atoms with Gasteiger partial charge in [-0.2, -0.15) is 0 Å². The zero-order valence-electron chi connectivity index (χ0n) is 4.07. The van der Waals surface area contributed by atoms with E-state index in [0.717, 1.165) is 6.42 Å². The van der Waals surface area contributed by atoms with Gasteiger partial charge in [0.15, 0.2) is 0 Å². The summed E-state index contributed by atoms with van der Waals surface area (Å²) in [5, 5.41) is 2.28. The molecule has 0 aromatic carbocycles. The molecule has 0 aliphatic heterocycles. The zero-order valence-corrected chi connectivity index (χ0v) is 5.64. The molecule has 0 nitrogen and oxygen atoms in total. The lowest BCUT2D eigenvalue weighted by Gasteiger charge is -1.88. The molecule has 0 fully saturated rings. The standard InChI is InChI=1S/C5H6ClS/c1-2-5(7)3-4-6/h5H,2H2,1H3. The highest BCUT2D eigenvalue weighted by Crippen LogP contribution is 1.96. The van der Waals surface area contributed by atoms with Gasteiger partial charge < -0.3 is 0 Å². The van der Waals surface area contributed by atoms with E-state index in [-0.39, 0.29) is 5.25 Å². The molecule has 0 saturated heterocycles. The molecule has 2 heteroatoms. The Morgan fingerprint density at radius 2 is 2.43 bits per heavy atom. The summed E-state index contributed by atoms with van der Waals surface area (Å²) >= 11 is 9.83. The van der Waals surface area contributed by atoms with Crippen LogP contribution in [0, 0.1) is 11.3 Å². The van der Waals surface area contributed by atoms with Crippen LogP contribution in [0.15, 0.2) is 0 Å². The molecule has 0 saturated carbocycles. The van der Waals surface area contributed by atoms with Gasteiger partial charge in [0.1, 0.15) is 0 Å². The van der Waals surface area contributed by atoms with E-state index in [1.807, 2.05) is 6.92 Å². The molecule has 0 amide bonds. The Kier molecular flexibility index (Phi) is 4.49. The van der Waals surface area contributed by atoms with Crippen molar-refractivity contribution in [2.45, 2.75) is 18.6 Å². The molecule has 0 aliphatic carbocycles. The van der Waals surface area contributed by atoms with Crippen molar-refractivity contribution in [1.29, 1.82) is 0 Å². The topological polar surface area (TPSA) is 0 Å². The van der Waals surface area contributed by atoms with Crippen LogP contribution in [0.2, 0.25) is 0 Å². The predicted octanol–water partition coefficient (Wildman–Crippen LogP) is 2.16. The minimum absolute atomic E-state index is 0.0394. The number of hydrogen-bond acceptors (Lipinski definition) is 0. The van der Waals surface area contributed by atoms with Gasteiger partial charge in [-0.15, -0.1) is 0 Å². The molecule has 1 unspecified atom stereocenters. The molecule has 0 aromatic rings. The fourth-order valence-corrected chi connectivity index (χ4v) is 0.418. The van der Waals surface area contributed by atoms with Crippen molar-refractivity contribution in [1.82, 2.24) is 0 Å². The molecule has 0 rings (SSSR count). The third kappa shape index (κ3) is 4.04. The molecule has 1 atom stereocenters. The summed E-state index contributed by atoms with van der Waals surface area (Å²) in [5.41, 5.74) is 0. The second-order valence-electron chi connectivity index (χ2n) is 1.14. The van der Waals surface area contributed by atoms with Crippen molar-refractivity contribution >= 4 is 24.2 Å². The maximum atomic E-state index is 5.05. The van der Waals surface area contributed by atoms with Crippen molar-refractivity contribution in [3.05, 3.63) is 0 Å². The molecule has 0 heterocycles. The highest BCUT2D eigenvalue weighted by atomic mass is 35.5. The van der Waals surface area contributed by atoms with Crippen molar-refractivity contribution in [2.75, 3.05) is 0 Å². The van der Waals surface area contributed by atoms with Gasteiger partial charge in [-0.05, 0) is 18.0 Å². The van der Waals surface area contributed by atoms with Crippen LogP contribution in [0.25, 0.3) is 0 Å². The van der Waals surface area contributed by atoms with Crippen LogP contribution in [-0.4, -0.2) is 5.25 Å². The zero-order chi connectivity index (χ0) is 5.70. The number of rotatable bonds is 1. The lowest BCUT2D eigenvalue weighted by molar-refractivity contribution is 1.01. The average Bonchev–Trinajstić information content (AvgIpc) is 1.68. The molecular weight excluding hydrogens is 128 g/mol. The van der Waals surface area contributed by atoms with Crippen LogP contribution in [0.4, 0.5) is 0 Å². The van der Waals surface area contributed by atoms with E-state index in [4.69, 9.17) is 24.2 Å². The summed E-state index contributed by atoms with van der Waals surface area (Å²) in [6.07, 6.45) is 0.898. The van der Waals surface area contributed by atoms with Gasteiger partial charge in [-0.25, -0.2) is 0 Å². The molecule has 7 heavy (non-hydrogen) atoms. The van der Waals surface area contributed by atoms with Crippen molar-refractivity contribution in [2.24, 2.45) is 0 Å². The minimum Gasteiger partial charge on any atom is -0.0762 e. The molecule has 39 valence electrons. The smallest absolute Gasteiger partial charge is 0.0762 e. The van der Waals surface area contributed by atoms with E-state index in [0.29, 0.717) is 0 Å². The second kappa shape index (κ2) is 4.36. The van der Waals surface area contributed by atoms with Crippen LogP contribution < -0.4 is 0 Å². The normalized spacial score (nSPS) is 11.9. The lowest BCUT2D eigenvalue weighted by Crippen LogP contribution is -1.87. The Bertz CT molecular complexity index is 90.0. The van der Waals surface area contributed by atoms with Gasteiger partial charge in [0, 0.05) is 5.38 Å². The summed E-state index contributed by atoms with van der Waals surface area (Å²) in [7, 11) is 0. The molecule has 0 N–H and O–H groups in total. The quantitative estimate of drug-likeness (QED) is 0.481. The summed E-state index contributed by atoms with van der Waals surface area (Å²) in [4.78, 5) is 0. The van der Waals surface area contributed by atoms with E-state index in [9.17, 15) is 0 Å². The Morgan fingerprint density at radius 1 is 1.86 bits per heavy atom. The van der Waals surface area contributed by atoms with Gasteiger partial charge in [0.2, 0.25) is 0 Å². The maximum Gasteiger partial charge on any atom is 0.0770 e. The Morgan fingerprint density at radius 3 is 2.57 bits per heavy atom. The number of hydrogen-bond donors (Lipinski definition) is 0. The summed E-state index contributed by atoms with van der Waals surface area (Å²) < 4.78 is 0. The van der Waals surface area contributed by atoms with Crippen LogP contribution in [0.1, 0.15) is 13.3 Å². The van der Waals surface area contributed by atoms with E-state index < -0.39 is 0 Å². The van der Waals surface area contributed by atoms with Gasteiger partial charge in [0.05, 0.1) is 5.25 Å². The highest BCUT2D eigenvalue weighted by molar-refractivity contribution is 7.81. The number of halogens is 1. The molecule has 0 aromatic heterocycles. The first-order chi connectivity index (χ1) is 3.31. The fraction of sp³-hybridized carbons (Fsp3) is 0.600. The molecule has 0 aliphatic rings. The van der Waals surface area contributed by atoms with E-state index in [1.54, 1.807) is 0 Å². The van der Waals surface area contributed by atoms with Crippen LogP contribution in [0.5, 0.6) is 0 Å². The van der Waals surface area contributed by atoms with Crippen molar-refractivity contribution < 1.29 is 0 Å². The summed E-state index contributed by atoms with van der Waals surface area (Å²) in [6.45, 7) is 1.99. The van der Waals surface area contributed by atoms with Gasteiger partial charge in [-0.1, -0.05) is 25.5 Å². The summed E-state index contributed by atoms with van der Waals surface area (Å²) in [5.74, 6) is 2.63. The van der Waals surface area contributed by atoms with E-state index in [1.165, 1.54) is 0 Å². The first kappa shape index (κ1) is 7.20. The van der Waals surface area contributed by atoms with Gasteiger partial charge >= 0.3 is 0 Å². The largest absolute Gasteiger partial charge is 0.0770 e. The minimum atomic E-state index is 0.0394. The van der Waals surface area contributed by atoms with Crippen LogP contribution in [-0.2, 0) is 0 Å². The molecule has 0 bridgehead atoms. The lowest BCUT2D eigenvalue weighted by atomic mass is 10.3. The van der Waals surface area contributed by atoms with Crippen LogP contribution in [0.3, 0.4) is 0 Å². The molecule has 0 spiro atoms. The Labute approximate surface area is 54.7 Å². The average molecular weight is 134 g/mol.